The smallest absolute Gasteiger partial charge is 0.249 e. The lowest BCUT2D eigenvalue weighted by atomic mass is 10.2. The molecule has 0 aliphatic rings. The van der Waals surface area contributed by atoms with Crippen molar-refractivity contribution in [2.24, 2.45) is 5.10 Å². The summed E-state index contributed by atoms with van der Waals surface area (Å²) in [5.74, 6) is -0.855. The number of nitrogens with zero attached hydrogens (tertiary/aromatic N) is 1. The maximum absolute atomic E-state index is 11.4. The van der Waals surface area contributed by atoms with Crippen LogP contribution in [0.15, 0.2) is 29.4 Å². The zero-order valence-electron chi connectivity index (χ0n) is 11.1. The van der Waals surface area contributed by atoms with Crippen molar-refractivity contribution in [3.8, 4) is 0 Å². The Hall–Kier alpha value is -1.92. The second kappa shape index (κ2) is 9.06. The molecule has 0 heterocycles. The fourth-order valence-electron chi connectivity index (χ4n) is 1.27. The van der Waals surface area contributed by atoms with Crippen LogP contribution in [0.4, 0.5) is 0 Å². The minimum absolute atomic E-state index is 0.276. The number of carbonyl (C=O) groups excluding carboxylic acids is 2. The summed E-state index contributed by atoms with van der Waals surface area (Å²) in [7, 11) is 1.53. The molecule has 1 rings (SSSR count). The Morgan fingerprint density at radius 3 is 2.65 bits per heavy atom. The van der Waals surface area contributed by atoms with Crippen LogP contribution in [0.25, 0.3) is 0 Å². The van der Waals surface area contributed by atoms with Crippen molar-refractivity contribution in [2.75, 3.05) is 20.3 Å². The molecule has 0 aliphatic carbocycles. The molecule has 0 unspecified atom stereocenters. The van der Waals surface area contributed by atoms with E-state index in [1.165, 1.54) is 13.3 Å². The summed E-state index contributed by atoms with van der Waals surface area (Å²) in [5, 5.41) is 6.91. The van der Waals surface area contributed by atoms with Gasteiger partial charge in [-0.25, -0.2) is 5.43 Å². The monoisotopic (exact) mass is 297 g/mol. The Bertz CT molecular complexity index is 474. The molecule has 0 saturated heterocycles. The molecule has 2 amide bonds. The number of hydrogen-bond acceptors (Lipinski definition) is 4. The lowest BCUT2D eigenvalue weighted by molar-refractivity contribution is -0.129. The maximum Gasteiger partial charge on any atom is 0.249 e. The summed E-state index contributed by atoms with van der Waals surface area (Å²) in [6.45, 7) is 0.777. The van der Waals surface area contributed by atoms with Crippen molar-refractivity contribution in [3.63, 3.8) is 0 Å². The molecule has 1 aromatic rings. The topological polar surface area (TPSA) is 79.8 Å². The average molecular weight is 298 g/mol. The normalized spacial score (nSPS) is 10.5. The number of carbonyl (C=O) groups is 2. The number of nitrogens with one attached hydrogen (secondary N) is 2. The first-order valence-electron chi connectivity index (χ1n) is 5.95. The van der Waals surface area contributed by atoms with E-state index in [2.05, 4.69) is 15.8 Å². The van der Waals surface area contributed by atoms with E-state index in [-0.39, 0.29) is 12.3 Å². The summed E-state index contributed by atoms with van der Waals surface area (Å²) in [6.07, 6.45) is 1.19. The van der Waals surface area contributed by atoms with Gasteiger partial charge in [-0.2, -0.15) is 5.10 Å². The predicted octanol–water partition coefficient (Wildman–Crippen LogP) is 0.943. The van der Waals surface area contributed by atoms with Gasteiger partial charge in [-0.1, -0.05) is 23.7 Å². The number of rotatable bonds is 7. The molecular weight excluding hydrogens is 282 g/mol. The maximum atomic E-state index is 11.4. The molecular formula is C13H16ClN3O3. The summed E-state index contributed by atoms with van der Waals surface area (Å²) in [6, 6.07) is 6.95. The fourth-order valence-corrected chi connectivity index (χ4v) is 1.39. The molecule has 0 aliphatic heterocycles. The van der Waals surface area contributed by atoms with E-state index in [0.29, 0.717) is 18.2 Å². The van der Waals surface area contributed by atoms with Gasteiger partial charge in [-0.15, -0.1) is 0 Å². The third kappa shape index (κ3) is 6.86. The van der Waals surface area contributed by atoms with Gasteiger partial charge in [-0.3, -0.25) is 9.59 Å². The highest BCUT2D eigenvalue weighted by Crippen LogP contribution is 2.07. The largest absolute Gasteiger partial charge is 0.383 e. The van der Waals surface area contributed by atoms with Crippen LogP contribution in [-0.4, -0.2) is 38.3 Å². The van der Waals surface area contributed by atoms with E-state index < -0.39 is 5.91 Å². The van der Waals surface area contributed by atoms with Crippen LogP contribution >= 0.6 is 11.6 Å². The molecule has 1 aromatic carbocycles. The van der Waals surface area contributed by atoms with Crippen LogP contribution in [0, 0.1) is 0 Å². The van der Waals surface area contributed by atoms with E-state index in [1.54, 1.807) is 24.3 Å². The molecule has 2 N–H and O–H groups in total. The van der Waals surface area contributed by atoms with Crippen LogP contribution in [0.2, 0.25) is 5.02 Å². The zero-order valence-corrected chi connectivity index (χ0v) is 11.8. The molecule has 0 radical (unpaired) electrons. The van der Waals surface area contributed by atoms with Crippen LogP contribution in [0.5, 0.6) is 0 Å². The Kier molecular flexibility index (Phi) is 7.31. The molecule has 108 valence electrons. The first kappa shape index (κ1) is 16.1. The summed E-state index contributed by atoms with van der Waals surface area (Å²) >= 11 is 5.74. The van der Waals surface area contributed by atoms with Gasteiger partial charge in [-0.05, 0) is 17.7 Å². The van der Waals surface area contributed by atoms with Gasteiger partial charge in [0.05, 0.1) is 12.8 Å². The van der Waals surface area contributed by atoms with E-state index in [4.69, 9.17) is 16.3 Å². The second-order valence-electron chi connectivity index (χ2n) is 3.86. The summed E-state index contributed by atoms with van der Waals surface area (Å²) in [4.78, 5) is 22.7. The first-order valence-corrected chi connectivity index (χ1v) is 6.32. The highest BCUT2D eigenvalue weighted by molar-refractivity contribution is 6.30. The molecule has 20 heavy (non-hydrogen) atoms. The predicted molar refractivity (Wildman–Crippen MR) is 76.7 cm³/mol. The SMILES string of the molecule is COCCNC(=O)CC(=O)N/N=C\c1ccc(Cl)cc1. The number of methoxy groups -OCH3 is 1. The number of hydrazone groups is 1. The Balaban J connectivity index is 2.28. The fraction of sp³-hybridized carbons (Fsp3) is 0.308. The average Bonchev–Trinajstić information content (AvgIpc) is 2.41. The van der Waals surface area contributed by atoms with E-state index in [0.717, 1.165) is 5.56 Å². The second-order valence-corrected chi connectivity index (χ2v) is 4.30. The third-order valence-corrected chi connectivity index (χ3v) is 2.47. The van der Waals surface area contributed by atoms with Crippen molar-refractivity contribution in [1.82, 2.24) is 10.7 Å². The number of halogens is 1. The van der Waals surface area contributed by atoms with Crippen molar-refractivity contribution >= 4 is 29.6 Å². The minimum Gasteiger partial charge on any atom is -0.383 e. The summed E-state index contributed by atoms with van der Waals surface area (Å²) in [5.41, 5.74) is 3.06. The van der Waals surface area contributed by atoms with Crippen LogP contribution in [-0.2, 0) is 14.3 Å². The lowest BCUT2D eigenvalue weighted by Gasteiger charge is -2.03. The van der Waals surface area contributed by atoms with Gasteiger partial charge in [0.2, 0.25) is 11.8 Å². The van der Waals surface area contributed by atoms with Gasteiger partial charge in [0, 0.05) is 18.7 Å². The molecule has 7 heteroatoms. The minimum atomic E-state index is -0.481. The van der Waals surface area contributed by atoms with E-state index in [9.17, 15) is 9.59 Å². The summed E-state index contributed by atoms with van der Waals surface area (Å²) < 4.78 is 4.77. The molecule has 0 aromatic heterocycles. The lowest BCUT2D eigenvalue weighted by Crippen LogP contribution is -2.31. The molecule has 0 atom stereocenters. The van der Waals surface area contributed by atoms with Crippen LogP contribution in [0.3, 0.4) is 0 Å². The van der Waals surface area contributed by atoms with Crippen molar-refractivity contribution in [1.29, 1.82) is 0 Å². The standard InChI is InChI=1S/C13H16ClN3O3/c1-20-7-6-15-12(18)8-13(19)17-16-9-10-2-4-11(14)5-3-10/h2-5,9H,6-8H2,1H3,(H,15,18)(H,17,19)/b16-9-. The van der Waals surface area contributed by atoms with Gasteiger partial charge in [0.1, 0.15) is 6.42 Å². The van der Waals surface area contributed by atoms with Gasteiger partial charge < -0.3 is 10.1 Å². The Morgan fingerprint density at radius 1 is 1.30 bits per heavy atom. The van der Waals surface area contributed by atoms with Crippen molar-refractivity contribution in [3.05, 3.63) is 34.9 Å². The quantitative estimate of drug-likeness (QED) is 0.340. The molecule has 0 saturated carbocycles. The molecule has 0 spiro atoms. The first-order chi connectivity index (χ1) is 9.61. The van der Waals surface area contributed by atoms with Crippen LogP contribution < -0.4 is 10.7 Å². The number of amides is 2. The highest BCUT2D eigenvalue weighted by Gasteiger charge is 2.07. The van der Waals surface area contributed by atoms with Gasteiger partial charge >= 0.3 is 0 Å². The highest BCUT2D eigenvalue weighted by atomic mass is 35.5. The number of ether oxygens (including phenoxy) is 1. The Morgan fingerprint density at radius 2 is 2.00 bits per heavy atom. The third-order valence-electron chi connectivity index (χ3n) is 2.22. The molecule has 0 bridgehead atoms. The molecule has 0 fully saturated rings. The van der Waals surface area contributed by atoms with E-state index >= 15 is 0 Å². The van der Waals surface area contributed by atoms with Gasteiger partial charge in [0.25, 0.3) is 0 Å². The van der Waals surface area contributed by atoms with Crippen molar-refractivity contribution < 1.29 is 14.3 Å². The Labute approximate surface area is 122 Å². The van der Waals surface area contributed by atoms with Crippen LogP contribution in [0.1, 0.15) is 12.0 Å². The number of hydrogen-bond donors (Lipinski definition) is 2. The zero-order chi connectivity index (χ0) is 14.8. The number of benzene rings is 1. The van der Waals surface area contributed by atoms with Crippen molar-refractivity contribution in [2.45, 2.75) is 6.42 Å². The van der Waals surface area contributed by atoms with Gasteiger partial charge in [0.15, 0.2) is 0 Å². The van der Waals surface area contributed by atoms with E-state index in [1.807, 2.05) is 0 Å². The molecule has 6 nitrogen and oxygen atoms in total.